The van der Waals surface area contributed by atoms with E-state index in [1.54, 1.807) is 37.1 Å². The average Bonchev–Trinajstić information content (AvgIpc) is 3.64. The zero-order valence-corrected chi connectivity index (χ0v) is 20.7. The molecule has 0 spiro atoms. The summed E-state index contributed by atoms with van der Waals surface area (Å²) in [6.07, 6.45) is 10.9. The smallest absolute Gasteiger partial charge is 0.224 e. The third-order valence-corrected chi connectivity index (χ3v) is 7.07. The van der Waals surface area contributed by atoms with Crippen molar-refractivity contribution >= 4 is 44.7 Å². The summed E-state index contributed by atoms with van der Waals surface area (Å²) in [5.41, 5.74) is 6.14. The summed E-state index contributed by atoms with van der Waals surface area (Å²) in [7, 11) is 0. The Morgan fingerprint density at radius 3 is 2.76 bits per heavy atom. The van der Waals surface area contributed by atoms with Crippen LogP contribution in [0.15, 0.2) is 61.3 Å². The fraction of sp³-hybridized carbons (Fsp3) is 0.148. The number of hydrogen-bond donors (Lipinski definition) is 3. The van der Waals surface area contributed by atoms with Gasteiger partial charge in [-0.05, 0) is 36.8 Å². The Bertz CT molecular complexity index is 1750. The van der Waals surface area contributed by atoms with Crippen LogP contribution in [0.2, 0.25) is 0 Å². The van der Waals surface area contributed by atoms with Crippen LogP contribution in [0.1, 0.15) is 26.2 Å². The Hall–Kier alpha value is -4.44. The molecule has 184 valence electrons. The molecule has 6 heterocycles. The fourth-order valence-corrected chi connectivity index (χ4v) is 5.08. The van der Waals surface area contributed by atoms with Crippen molar-refractivity contribution in [2.24, 2.45) is 0 Å². The molecule has 10 heteroatoms. The lowest BCUT2D eigenvalue weighted by atomic mass is 10.1. The zero-order chi connectivity index (χ0) is 25.4. The van der Waals surface area contributed by atoms with E-state index in [1.807, 2.05) is 18.2 Å². The van der Waals surface area contributed by atoms with Gasteiger partial charge in [-0.3, -0.25) is 24.8 Å². The van der Waals surface area contributed by atoms with Crippen LogP contribution in [0.25, 0.3) is 54.9 Å². The van der Waals surface area contributed by atoms with Gasteiger partial charge in [0.05, 0.1) is 46.7 Å². The van der Waals surface area contributed by atoms with Crippen LogP contribution in [-0.2, 0) is 4.79 Å². The number of anilines is 1. The fourth-order valence-electron chi connectivity index (χ4n) is 4.32. The molecule has 37 heavy (non-hydrogen) atoms. The Labute approximate surface area is 215 Å². The normalized spacial score (nSPS) is 11.4. The summed E-state index contributed by atoms with van der Waals surface area (Å²) in [6.45, 7) is 2.05. The first-order valence-corrected chi connectivity index (χ1v) is 12.7. The maximum atomic E-state index is 13.7. The van der Waals surface area contributed by atoms with Crippen molar-refractivity contribution < 1.29 is 9.18 Å². The van der Waals surface area contributed by atoms with E-state index >= 15 is 0 Å². The van der Waals surface area contributed by atoms with Crippen molar-refractivity contribution in [1.29, 1.82) is 0 Å². The molecular weight excluding hydrogens is 489 g/mol. The lowest BCUT2D eigenvalue weighted by Gasteiger charge is -2.07. The molecule has 0 fully saturated rings. The van der Waals surface area contributed by atoms with Crippen molar-refractivity contribution in [2.75, 3.05) is 5.32 Å². The standard InChI is InChI=1S/C27H22FN7OS/c1-2-3-4-26(36)32-16-7-15(10-29-11-16)20-9-18-23(14-31-20)34-35-27(18)21-8-17-19(12-30-13-22(17)33-21)24-5-6-25(28)37-24/h5-14,33H,2-4H2,1H3,(H,32,36)(H,34,35). The molecule has 0 bridgehead atoms. The third-order valence-electron chi connectivity index (χ3n) is 6.16. The number of carbonyl (C=O) groups is 1. The van der Waals surface area contributed by atoms with Crippen molar-refractivity contribution in [3.63, 3.8) is 0 Å². The molecule has 6 aromatic rings. The number of pyridine rings is 3. The number of unbranched alkanes of at least 4 members (excludes halogenated alkanes) is 1. The van der Waals surface area contributed by atoms with E-state index in [0.29, 0.717) is 17.8 Å². The Kier molecular flexibility index (Phi) is 5.93. The number of nitrogens with one attached hydrogen (secondary N) is 3. The highest BCUT2D eigenvalue weighted by Gasteiger charge is 2.16. The van der Waals surface area contributed by atoms with Crippen molar-refractivity contribution in [1.82, 2.24) is 30.1 Å². The maximum Gasteiger partial charge on any atom is 0.224 e. The first-order valence-electron chi connectivity index (χ1n) is 11.9. The molecule has 1 amide bonds. The Morgan fingerprint density at radius 2 is 1.92 bits per heavy atom. The number of halogens is 1. The van der Waals surface area contributed by atoms with E-state index in [2.05, 4.69) is 42.4 Å². The van der Waals surface area contributed by atoms with Gasteiger partial charge in [-0.1, -0.05) is 13.3 Å². The number of fused-ring (bicyclic) bond motifs is 2. The molecule has 0 saturated carbocycles. The molecule has 0 unspecified atom stereocenters. The highest BCUT2D eigenvalue weighted by molar-refractivity contribution is 7.14. The molecule has 0 saturated heterocycles. The van der Waals surface area contributed by atoms with Crippen molar-refractivity contribution in [3.8, 4) is 33.1 Å². The molecular formula is C27H22FN7OS. The minimum atomic E-state index is -0.236. The second-order valence-corrected chi connectivity index (χ2v) is 9.77. The number of amides is 1. The van der Waals surface area contributed by atoms with Gasteiger partial charge in [0, 0.05) is 45.6 Å². The summed E-state index contributed by atoms with van der Waals surface area (Å²) in [5, 5.41) is 12.1. The van der Waals surface area contributed by atoms with E-state index in [1.165, 1.54) is 6.07 Å². The van der Waals surface area contributed by atoms with Gasteiger partial charge in [0.1, 0.15) is 5.69 Å². The van der Waals surface area contributed by atoms with Gasteiger partial charge in [-0.25, -0.2) is 0 Å². The second kappa shape index (κ2) is 9.55. The molecule has 0 aromatic carbocycles. The van der Waals surface area contributed by atoms with Gasteiger partial charge in [-0.2, -0.15) is 9.49 Å². The number of aromatic amines is 2. The van der Waals surface area contributed by atoms with E-state index in [4.69, 9.17) is 0 Å². The number of hydrogen-bond acceptors (Lipinski definition) is 6. The van der Waals surface area contributed by atoms with Gasteiger partial charge in [0.15, 0.2) is 5.13 Å². The SMILES string of the molecule is CCCCC(=O)Nc1cncc(-c2cc3c(-c4cc5c(-c6ccc(F)s6)cncc5[nH]4)n[nH]c3cn2)c1. The molecule has 0 aliphatic rings. The largest absolute Gasteiger partial charge is 0.352 e. The van der Waals surface area contributed by atoms with Crippen molar-refractivity contribution in [3.05, 3.63) is 66.4 Å². The molecule has 0 aliphatic carbocycles. The number of thiophene rings is 1. The average molecular weight is 512 g/mol. The van der Waals surface area contributed by atoms with Gasteiger partial charge >= 0.3 is 0 Å². The minimum absolute atomic E-state index is 0.0284. The highest BCUT2D eigenvalue weighted by Crippen LogP contribution is 2.36. The molecule has 0 atom stereocenters. The molecule has 3 N–H and O–H groups in total. The molecule has 0 aliphatic heterocycles. The second-order valence-electron chi connectivity index (χ2n) is 8.74. The van der Waals surface area contributed by atoms with Crippen LogP contribution in [0, 0.1) is 5.13 Å². The number of nitrogens with zero attached hydrogens (tertiary/aromatic N) is 4. The predicted octanol–water partition coefficient (Wildman–Crippen LogP) is 6.56. The van der Waals surface area contributed by atoms with Gasteiger partial charge in [-0.15, -0.1) is 11.3 Å². The van der Waals surface area contributed by atoms with Crippen LogP contribution in [-0.4, -0.2) is 36.0 Å². The highest BCUT2D eigenvalue weighted by atomic mass is 32.1. The zero-order valence-electron chi connectivity index (χ0n) is 19.9. The van der Waals surface area contributed by atoms with Gasteiger partial charge < -0.3 is 10.3 Å². The van der Waals surface area contributed by atoms with Crippen molar-refractivity contribution in [2.45, 2.75) is 26.2 Å². The van der Waals surface area contributed by atoms with Crippen LogP contribution < -0.4 is 5.32 Å². The van der Waals surface area contributed by atoms with Crippen LogP contribution in [0.3, 0.4) is 0 Å². The van der Waals surface area contributed by atoms with Crippen LogP contribution >= 0.6 is 11.3 Å². The van der Waals surface area contributed by atoms with Crippen LogP contribution in [0.4, 0.5) is 10.1 Å². The Balaban J connectivity index is 1.37. The molecule has 8 nitrogen and oxygen atoms in total. The first kappa shape index (κ1) is 23.0. The van der Waals surface area contributed by atoms with E-state index in [0.717, 1.165) is 73.4 Å². The quantitative estimate of drug-likeness (QED) is 0.225. The van der Waals surface area contributed by atoms with E-state index < -0.39 is 0 Å². The number of rotatable bonds is 7. The monoisotopic (exact) mass is 511 g/mol. The lowest BCUT2D eigenvalue weighted by Crippen LogP contribution is -2.11. The minimum Gasteiger partial charge on any atom is -0.352 e. The molecule has 0 radical (unpaired) electrons. The number of carbonyl (C=O) groups excluding carboxylic acids is 1. The summed E-state index contributed by atoms with van der Waals surface area (Å²) >= 11 is 1.09. The van der Waals surface area contributed by atoms with Gasteiger partial charge in [0.2, 0.25) is 5.91 Å². The molecule has 6 aromatic heterocycles. The summed E-state index contributed by atoms with van der Waals surface area (Å²) in [6, 6.07) is 9.05. The summed E-state index contributed by atoms with van der Waals surface area (Å²) in [5.74, 6) is -0.0284. The van der Waals surface area contributed by atoms with E-state index in [9.17, 15) is 9.18 Å². The summed E-state index contributed by atoms with van der Waals surface area (Å²) < 4.78 is 13.7. The maximum absolute atomic E-state index is 13.7. The Morgan fingerprint density at radius 1 is 1.03 bits per heavy atom. The third kappa shape index (κ3) is 4.47. The number of aromatic nitrogens is 6. The summed E-state index contributed by atoms with van der Waals surface area (Å²) in [4.78, 5) is 29.6. The number of H-pyrrole nitrogens is 2. The van der Waals surface area contributed by atoms with E-state index in [-0.39, 0.29) is 11.0 Å². The molecule has 6 rings (SSSR count). The van der Waals surface area contributed by atoms with Gasteiger partial charge in [0.25, 0.3) is 0 Å². The lowest BCUT2D eigenvalue weighted by molar-refractivity contribution is -0.116. The first-order chi connectivity index (χ1) is 18.1. The van der Waals surface area contributed by atoms with Crippen LogP contribution in [0.5, 0.6) is 0 Å². The predicted molar refractivity (Wildman–Crippen MR) is 144 cm³/mol. The topological polar surface area (TPSA) is 112 Å².